The number of hydrogen-bond donors (Lipinski definition) is 14. The molecule has 0 aromatic rings. The molecule has 0 spiro atoms. The van der Waals surface area contributed by atoms with E-state index in [1.54, 1.807) is 0 Å². The Labute approximate surface area is 301 Å². The highest BCUT2D eigenvalue weighted by atomic mass is 16.8. The average Bonchev–Trinajstić information content (AvgIpc) is 3.12. The topological polar surface area (TPSA) is 366 Å². The normalized spacial score (nSPS) is 55.5. The number of aliphatic hydroxyl groups excluding tert-OH is 14. The minimum absolute atomic E-state index is 0.660. The van der Waals surface area contributed by atoms with Crippen LogP contribution in [0.1, 0.15) is 20.8 Å². The minimum Gasteiger partial charge on any atom is -0.394 e. The highest BCUT2D eigenvalue weighted by Crippen LogP contribution is 2.34. The monoisotopic (exact) mass is 780 g/mol. The van der Waals surface area contributed by atoms with Gasteiger partial charge in [-0.1, -0.05) is 0 Å². The van der Waals surface area contributed by atoms with Gasteiger partial charge in [-0.25, -0.2) is 0 Å². The van der Waals surface area contributed by atoms with Crippen LogP contribution in [0, 0.1) is 0 Å². The summed E-state index contributed by atoms with van der Waals surface area (Å²) in [6.45, 7) is 2.70. The van der Waals surface area contributed by atoms with Gasteiger partial charge in [0.15, 0.2) is 31.5 Å². The van der Waals surface area contributed by atoms with Crippen LogP contribution in [0.2, 0.25) is 0 Å². The summed E-state index contributed by atoms with van der Waals surface area (Å²) in [5.41, 5.74) is 0. The molecule has 310 valence electrons. The fourth-order valence-corrected chi connectivity index (χ4v) is 6.75. The highest BCUT2D eigenvalue weighted by Gasteiger charge is 2.54. The zero-order valence-electron chi connectivity index (χ0n) is 28.8. The molecule has 1 unspecified atom stereocenters. The molecular formula is C30H52O23. The van der Waals surface area contributed by atoms with Crippen molar-refractivity contribution in [3.05, 3.63) is 0 Å². The SMILES string of the molecule is C[C@@H]1O[C@@H](O[C@H]2[C@H](O[C@H]3C(O)O[C@H](CO[C@@H]4O[C@@H](C)[C@H](O[C@@H]5O[C@H](C)[C@@H](O)[C@H](O)[C@H]5O)[C@@H](O)[C@H]4O)[C@@H](O)[C@@H]3O)O[C@H](CO)[C@@H](O)[C@@H]2O)[C@H](O)[C@H](O)[C@H]1O. The van der Waals surface area contributed by atoms with Gasteiger partial charge in [-0.2, -0.15) is 0 Å². The van der Waals surface area contributed by atoms with Crippen molar-refractivity contribution in [2.24, 2.45) is 0 Å². The second-order valence-electron chi connectivity index (χ2n) is 13.9. The molecule has 5 rings (SSSR count). The number of aliphatic hydroxyl groups is 14. The molecule has 5 heterocycles. The summed E-state index contributed by atoms with van der Waals surface area (Å²) in [4.78, 5) is 0. The average molecular weight is 781 g/mol. The number of ether oxygens (including phenoxy) is 9. The Balaban J connectivity index is 1.19. The van der Waals surface area contributed by atoms with Crippen molar-refractivity contribution in [2.75, 3.05) is 13.2 Å². The maximum absolute atomic E-state index is 11.0. The standard InChI is InChI=1S/C30H52O23/c1-6-11(32)15(36)20(41)28(46-6)51-23-8(3)48-27(22(43)19(23)40)45-5-10-14(35)17(38)24(26(44)49-10)52-30-25(18(39)13(34)9(4-31)50-30)53-29-21(42)16(37)12(33)7(2)47-29/h6-44H,4-5H2,1-3H3/t6-,7+,8+,9-,10-,11-,12+,13-,14-,15+,16-,17+,18+,19+,20-,21-,22-,23+,24-,25-,26?,27-,28+,29+,30+/m1/s1. The van der Waals surface area contributed by atoms with Crippen molar-refractivity contribution in [3.63, 3.8) is 0 Å². The van der Waals surface area contributed by atoms with E-state index in [2.05, 4.69) is 0 Å². The van der Waals surface area contributed by atoms with Crippen LogP contribution in [0.25, 0.3) is 0 Å². The molecule has 5 aliphatic rings. The van der Waals surface area contributed by atoms with Crippen LogP contribution in [-0.4, -0.2) is 238 Å². The summed E-state index contributed by atoms with van der Waals surface area (Å²) in [7, 11) is 0. The van der Waals surface area contributed by atoms with Crippen molar-refractivity contribution in [1.29, 1.82) is 0 Å². The van der Waals surface area contributed by atoms with Gasteiger partial charge in [0.2, 0.25) is 0 Å². The van der Waals surface area contributed by atoms with Gasteiger partial charge in [0, 0.05) is 0 Å². The van der Waals surface area contributed by atoms with Crippen LogP contribution in [0.15, 0.2) is 0 Å². The molecule has 23 nitrogen and oxygen atoms in total. The first-order valence-electron chi connectivity index (χ1n) is 17.2. The molecule has 5 aliphatic heterocycles. The lowest BCUT2D eigenvalue weighted by molar-refractivity contribution is -0.391. The van der Waals surface area contributed by atoms with Crippen LogP contribution in [0.4, 0.5) is 0 Å². The molecule has 0 aromatic carbocycles. The van der Waals surface area contributed by atoms with Crippen molar-refractivity contribution in [2.45, 2.75) is 174 Å². The predicted octanol–water partition coefficient (Wildman–Crippen LogP) is -8.84. The zero-order valence-corrected chi connectivity index (χ0v) is 28.8. The molecule has 0 radical (unpaired) electrons. The van der Waals surface area contributed by atoms with E-state index in [0.29, 0.717) is 0 Å². The summed E-state index contributed by atoms with van der Waals surface area (Å²) in [5, 5.41) is 146. The molecule has 53 heavy (non-hydrogen) atoms. The molecular weight excluding hydrogens is 728 g/mol. The van der Waals surface area contributed by atoms with Crippen molar-refractivity contribution < 1.29 is 114 Å². The fourth-order valence-electron chi connectivity index (χ4n) is 6.75. The molecule has 0 bridgehead atoms. The van der Waals surface area contributed by atoms with Crippen molar-refractivity contribution in [3.8, 4) is 0 Å². The lowest BCUT2D eigenvalue weighted by Gasteiger charge is -2.48. The second-order valence-corrected chi connectivity index (χ2v) is 13.9. The zero-order chi connectivity index (χ0) is 39.2. The lowest BCUT2D eigenvalue weighted by Crippen LogP contribution is -2.66. The first kappa shape index (κ1) is 43.2. The minimum atomic E-state index is -2.06. The summed E-state index contributed by atoms with van der Waals surface area (Å²) >= 11 is 0. The van der Waals surface area contributed by atoms with E-state index in [1.165, 1.54) is 20.8 Å². The van der Waals surface area contributed by atoms with Crippen LogP contribution in [0.5, 0.6) is 0 Å². The quantitative estimate of drug-likeness (QED) is 0.0978. The number of hydrogen-bond acceptors (Lipinski definition) is 23. The molecule has 5 saturated heterocycles. The Bertz CT molecular complexity index is 1160. The van der Waals surface area contributed by atoms with Gasteiger partial charge in [0.25, 0.3) is 0 Å². The first-order valence-corrected chi connectivity index (χ1v) is 17.2. The third-order valence-electron chi connectivity index (χ3n) is 10.2. The van der Waals surface area contributed by atoms with E-state index in [4.69, 9.17) is 42.6 Å². The Morgan fingerprint density at radius 3 is 1.36 bits per heavy atom. The van der Waals surface area contributed by atoms with Gasteiger partial charge in [-0.05, 0) is 20.8 Å². The van der Waals surface area contributed by atoms with E-state index in [0.717, 1.165) is 0 Å². The first-order chi connectivity index (χ1) is 24.9. The molecule has 0 saturated carbocycles. The van der Waals surface area contributed by atoms with Crippen molar-refractivity contribution in [1.82, 2.24) is 0 Å². The molecule has 0 aliphatic carbocycles. The van der Waals surface area contributed by atoms with Gasteiger partial charge < -0.3 is 114 Å². The van der Waals surface area contributed by atoms with Gasteiger partial charge >= 0.3 is 0 Å². The highest BCUT2D eigenvalue weighted by molar-refractivity contribution is 4.97. The Kier molecular flexibility index (Phi) is 14.4. The number of rotatable bonds is 10. The van der Waals surface area contributed by atoms with E-state index in [9.17, 15) is 71.5 Å². The molecule has 5 fully saturated rings. The summed E-state index contributed by atoms with van der Waals surface area (Å²) < 4.78 is 49.7. The van der Waals surface area contributed by atoms with Gasteiger partial charge in [-0.15, -0.1) is 0 Å². The maximum atomic E-state index is 11.0. The van der Waals surface area contributed by atoms with E-state index < -0.39 is 167 Å². The molecule has 0 amide bonds. The predicted molar refractivity (Wildman–Crippen MR) is 162 cm³/mol. The largest absolute Gasteiger partial charge is 0.394 e. The van der Waals surface area contributed by atoms with Crippen LogP contribution >= 0.6 is 0 Å². The van der Waals surface area contributed by atoms with E-state index in [-0.39, 0.29) is 0 Å². The Morgan fingerprint density at radius 1 is 0.377 bits per heavy atom. The molecule has 25 atom stereocenters. The van der Waals surface area contributed by atoms with Crippen molar-refractivity contribution >= 4 is 0 Å². The lowest BCUT2D eigenvalue weighted by atomic mass is 9.96. The van der Waals surface area contributed by atoms with Gasteiger partial charge in [0.05, 0.1) is 31.5 Å². The van der Waals surface area contributed by atoms with Crippen LogP contribution in [0.3, 0.4) is 0 Å². The van der Waals surface area contributed by atoms with Crippen LogP contribution in [-0.2, 0) is 42.6 Å². The fraction of sp³-hybridized carbons (Fsp3) is 1.00. The molecule has 23 heteroatoms. The second kappa shape index (κ2) is 17.7. The molecule has 14 N–H and O–H groups in total. The Morgan fingerprint density at radius 2 is 0.811 bits per heavy atom. The maximum Gasteiger partial charge on any atom is 0.187 e. The van der Waals surface area contributed by atoms with Gasteiger partial charge in [-0.3, -0.25) is 0 Å². The third kappa shape index (κ3) is 8.82. The Hall–Kier alpha value is -0.920. The molecule has 0 aromatic heterocycles. The van der Waals surface area contributed by atoms with E-state index in [1.807, 2.05) is 0 Å². The summed E-state index contributed by atoms with van der Waals surface area (Å²) in [5.74, 6) is 0. The smallest absolute Gasteiger partial charge is 0.187 e. The third-order valence-corrected chi connectivity index (χ3v) is 10.2. The van der Waals surface area contributed by atoms with Crippen LogP contribution < -0.4 is 0 Å². The summed E-state index contributed by atoms with van der Waals surface area (Å²) in [6.07, 6.45) is -40.7. The summed E-state index contributed by atoms with van der Waals surface area (Å²) in [6, 6.07) is 0. The van der Waals surface area contributed by atoms with Gasteiger partial charge in [0.1, 0.15) is 104 Å². The van der Waals surface area contributed by atoms with E-state index >= 15 is 0 Å².